The second kappa shape index (κ2) is 8.08. The number of likely N-dealkylation sites (tertiary alicyclic amines) is 1. The number of amides is 2. The standard InChI is InChI=1S/C22H24N4O/c27-22(25-13-5-11-20(25)15-18-7-2-1-3-8-18)23-17-19-9-4-10-21(16-19)26-14-6-12-24-26/h1-4,6-10,12,14,16,20H,5,11,13,15,17H2,(H,23,27). The zero-order valence-electron chi connectivity index (χ0n) is 15.3. The Kier molecular flexibility index (Phi) is 5.19. The lowest BCUT2D eigenvalue weighted by Gasteiger charge is -2.25. The number of rotatable bonds is 5. The summed E-state index contributed by atoms with van der Waals surface area (Å²) in [7, 11) is 0. The van der Waals surface area contributed by atoms with Crippen LogP contribution in [0.25, 0.3) is 5.69 Å². The maximum atomic E-state index is 12.7. The summed E-state index contributed by atoms with van der Waals surface area (Å²) < 4.78 is 1.82. The number of nitrogens with zero attached hydrogens (tertiary/aromatic N) is 3. The Bertz CT molecular complexity index is 876. The summed E-state index contributed by atoms with van der Waals surface area (Å²) >= 11 is 0. The molecule has 5 heteroatoms. The molecule has 4 rings (SSSR count). The van der Waals surface area contributed by atoms with Crippen LogP contribution in [0.3, 0.4) is 0 Å². The van der Waals surface area contributed by atoms with Crippen molar-refractivity contribution in [1.82, 2.24) is 20.0 Å². The number of benzene rings is 2. The van der Waals surface area contributed by atoms with Crippen molar-refractivity contribution in [3.05, 3.63) is 84.2 Å². The van der Waals surface area contributed by atoms with Crippen LogP contribution in [0.1, 0.15) is 24.0 Å². The van der Waals surface area contributed by atoms with E-state index in [1.165, 1.54) is 5.56 Å². The van der Waals surface area contributed by atoms with E-state index in [-0.39, 0.29) is 12.1 Å². The van der Waals surface area contributed by atoms with E-state index in [1.54, 1.807) is 6.20 Å². The highest BCUT2D eigenvalue weighted by Gasteiger charge is 2.28. The second-order valence-corrected chi connectivity index (χ2v) is 6.96. The van der Waals surface area contributed by atoms with E-state index in [2.05, 4.69) is 40.7 Å². The van der Waals surface area contributed by atoms with Gasteiger partial charge in [0.1, 0.15) is 0 Å². The van der Waals surface area contributed by atoms with Crippen molar-refractivity contribution in [3.63, 3.8) is 0 Å². The van der Waals surface area contributed by atoms with E-state index in [0.29, 0.717) is 6.54 Å². The fourth-order valence-corrected chi connectivity index (χ4v) is 3.71. The average Bonchev–Trinajstić information content (AvgIpc) is 3.39. The molecule has 2 heterocycles. The van der Waals surface area contributed by atoms with Crippen molar-refractivity contribution >= 4 is 6.03 Å². The van der Waals surface area contributed by atoms with E-state index >= 15 is 0 Å². The third kappa shape index (κ3) is 4.19. The molecule has 0 saturated carbocycles. The van der Waals surface area contributed by atoms with Gasteiger partial charge in [-0.1, -0.05) is 42.5 Å². The predicted molar refractivity (Wildman–Crippen MR) is 106 cm³/mol. The number of urea groups is 1. The van der Waals surface area contributed by atoms with Gasteiger partial charge in [0.05, 0.1) is 5.69 Å². The first-order valence-electron chi connectivity index (χ1n) is 9.47. The molecule has 2 amide bonds. The average molecular weight is 360 g/mol. The zero-order valence-corrected chi connectivity index (χ0v) is 15.3. The van der Waals surface area contributed by atoms with Crippen molar-refractivity contribution in [2.24, 2.45) is 0 Å². The van der Waals surface area contributed by atoms with Crippen LogP contribution < -0.4 is 5.32 Å². The van der Waals surface area contributed by atoms with E-state index in [9.17, 15) is 4.79 Å². The molecule has 0 bridgehead atoms. The number of carbonyl (C=O) groups is 1. The topological polar surface area (TPSA) is 50.2 Å². The molecular formula is C22H24N4O. The molecule has 1 unspecified atom stereocenters. The van der Waals surface area contributed by atoms with Crippen molar-refractivity contribution < 1.29 is 4.79 Å². The Hall–Kier alpha value is -3.08. The lowest BCUT2D eigenvalue weighted by atomic mass is 10.0. The molecule has 1 aliphatic rings. The summed E-state index contributed by atoms with van der Waals surface area (Å²) in [6.45, 7) is 1.35. The van der Waals surface area contributed by atoms with E-state index < -0.39 is 0 Å². The number of nitrogens with one attached hydrogen (secondary N) is 1. The fraction of sp³-hybridized carbons (Fsp3) is 0.273. The van der Waals surface area contributed by atoms with Gasteiger partial charge in [-0.3, -0.25) is 0 Å². The molecular weight excluding hydrogens is 336 g/mol. The highest BCUT2D eigenvalue weighted by atomic mass is 16.2. The van der Waals surface area contributed by atoms with Gasteiger partial charge in [0.15, 0.2) is 0 Å². The van der Waals surface area contributed by atoms with Crippen molar-refractivity contribution in [2.45, 2.75) is 31.8 Å². The molecule has 0 aliphatic carbocycles. The van der Waals surface area contributed by atoms with E-state index in [0.717, 1.165) is 37.1 Å². The van der Waals surface area contributed by atoms with Gasteiger partial charge in [0.2, 0.25) is 0 Å². The Morgan fingerprint density at radius 2 is 1.93 bits per heavy atom. The predicted octanol–water partition coefficient (Wildman–Crippen LogP) is 3.79. The SMILES string of the molecule is O=C(NCc1cccc(-n2cccn2)c1)N1CCCC1Cc1ccccc1. The van der Waals surface area contributed by atoms with Crippen molar-refractivity contribution in [2.75, 3.05) is 6.54 Å². The minimum atomic E-state index is 0.0259. The van der Waals surface area contributed by atoms with Gasteiger partial charge < -0.3 is 10.2 Å². The fourth-order valence-electron chi connectivity index (χ4n) is 3.71. The van der Waals surface area contributed by atoms with Gasteiger partial charge >= 0.3 is 6.03 Å². The van der Waals surface area contributed by atoms with E-state index in [1.807, 2.05) is 46.1 Å². The van der Waals surface area contributed by atoms with Gasteiger partial charge in [-0.2, -0.15) is 5.10 Å². The smallest absolute Gasteiger partial charge is 0.317 e. The second-order valence-electron chi connectivity index (χ2n) is 6.96. The quantitative estimate of drug-likeness (QED) is 0.753. The van der Waals surface area contributed by atoms with Gasteiger partial charge in [0, 0.05) is 31.5 Å². The first kappa shape index (κ1) is 17.3. The van der Waals surface area contributed by atoms with Crippen molar-refractivity contribution in [3.8, 4) is 5.69 Å². The Morgan fingerprint density at radius 3 is 2.74 bits per heavy atom. The van der Waals surface area contributed by atoms with Crippen LogP contribution in [0.4, 0.5) is 4.79 Å². The Balaban J connectivity index is 1.37. The maximum absolute atomic E-state index is 12.7. The van der Waals surface area contributed by atoms with Crippen molar-refractivity contribution in [1.29, 1.82) is 0 Å². The number of carbonyl (C=O) groups excluding carboxylic acids is 1. The molecule has 1 N–H and O–H groups in total. The minimum absolute atomic E-state index is 0.0259. The summed E-state index contributed by atoms with van der Waals surface area (Å²) in [6.07, 6.45) is 6.73. The summed E-state index contributed by atoms with van der Waals surface area (Å²) in [6, 6.07) is 20.7. The van der Waals surface area contributed by atoms with Crippen LogP contribution in [-0.4, -0.2) is 33.3 Å². The first-order chi connectivity index (χ1) is 13.3. The van der Waals surface area contributed by atoms with Gasteiger partial charge in [-0.05, 0) is 48.6 Å². The van der Waals surface area contributed by atoms with Crippen LogP contribution in [0.15, 0.2) is 73.1 Å². The first-order valence-corrected chi connectivity index (χ1v) is 9.47. The zero-order chi connectivity index (χ0) is 18.5. The van der Waals surface area contributed by atoms with Gasteiger partial charge in [-0.25, -0.2) is 9.48 Å². The van der Waals surface area contributed by atoms with Crippen LogP contribution >= 0.6 is 0 Å². The molecule has 138 valence electrons. The number of hydrogen-bond acceptors (Lipinski definition) is 2. The minimum Gasteiger partial charge on any atom is -0.334 e. The summed E-state index contributed by atoms with van der Waals surface area (Å²) in [5.41, 5.74) is 3.35. The molecule has 1 fully saturated rings. The number of hydrogen-bond donors (Lipinski definition) is 1. The number of aromatic nitrogens is 2. The van der Waals surface area contributed by atoms with E-state index in [4.69, 9.17) is 0 Å². The van der Waals surface area contributed by atoms with Crippen LogP contribution in [-0.2, 0) is 13.0 Å². The Morgan fingerprint density at radius 1 is 1.07 bits per heavy atom. The molecule has 1 saturated heterocycles. The van der Waals surface area contributed by atoms with Crippen LogP contribution in [0.2, 0.25) is 0 Å². The summed E-state index contributed by atoms with van der Waals surface area (Å²) in [5.74, 6) is 0. The van der Waals surface area contributed by atoms with Gasteiger partial charge in [0.25, 0.3) is 0 Å². The molecule has 1 aliphatic heterocycles. The molecule has 1 atom stereocenters. The molecule has 1 aromatic heterocycles. The molecule has 3 aromatic rings. The highest BCUT2D eigenvalue weighted by Crippen LogP contribution is 2.21. The molecule has 2 aromatic carbocycles. The Labute approximate surface area is 159 Å². The molecule has 5 nitrogen and oxygen atoms in total. The highest BCUT2D eigenvalue weighted by molar-refractivity contribution is 5.75. The molecule has 27 heavy (non-hydrogen) atoms. The third-order valence-corrected chi connectivity index (χ3v) is 5.08. The lowest BCUT2D eigenvalue weighted by molar-refractivity contribution is 0.192. The third-order valence-electron chi connectivity index (χ3n) is 5.08. The lowest BCUT2D eigenvalue weighted by Crippen LogP contribution is -2.43. The molecule has 0 radical (unpaired) electrons. The van der Waals surface area contributed by atoms with Gasteiger partial charge in [-0.15, -0.1) is 0 Å². The normalized spacial score (nSPS) is 16.4. The summed E-state index contributed by atoms with van der Waals surface area (Å²) in [5, 5.41) is 7.34. The van der Waals surface area contributed by atoms with Crippen LogP contribution in [0, 0.1) is 0 Å². The monoisotopic (exact) mass is 360 g/mol. The van der Waals surface area contributed by atoms with Crippen LogP contribution in [0.5, 0.6) is 0 Å². The maximum Gasteiger partial charge on any atom is 0.317 e. The molecule has 0 spiro atoms. The largest absolute Gasteiger partial charge is 0.334 e. The summed E-state index contributed by atoms with van der Waals surface area (Å²) in [4.78, 5) is 14.7.